The van der Waals surface area contributed by atoms with Gasteiger partial charge in [0, 0.05) is 10.5 Å². The summed E-state index contributed by atoms with van der Waals surface area (Å²) in [5, 5.41) is 11.4. The van der Waals surface area contributed by atoms with Crippen LogP contribution >= 0.6 is 43.2 Å². The van der Waals surface area contributed by atoms with Crippen molar-refractivity contribution in [2.45, 2.75) is 25.8 Å². The van der Waals surface area contributed by atoms with E-state index in [1.54, 1.807) is 6.07 Å². The van der Waals surface area contributed by atoms with Gasteiger partial charge >= 0.3 is 5.97 Å². The van der Waals surface area contributed by atoms with Crippen LogP contribution < -0.4 is 5.32 Å². The molecule has 1 atom stereocenters. The van der Waals surface area contributed by atoms with Crippen molar-refractivity contribution in [2.24, 2.45) is 0 Å². The number of carboxylic acids is 1. The fourth-order valence-electron chi connectivity index (χ4n) is 1.22. The van der Waals surface area contributed by atoms with Crippen molar-refractivity contribution in [1.82, 2.24) is 5.32 Å². The molecule has 0 spiro atoms. The van der Waals surface area contributed by atoms with E-state index in [-0.39, 0.29) is 18.4 Å². The summed E-state index contributed by atoms with van der Waals surface area (Å²) in [7, 11) is 0. The maximum absolute atomic E-state index is 11.8. The number of thiophene rings is 1. The number of amides is 1. The molecular formula is C10H11Br2NO3S. The SMILES string of the molecule is CCC(CC(=O)O)NC(=O)c1cc(Br)c(Br)s1. The number of carbonyl (C=O) groups excluding carboxylic acids is 1. The quantitative estimate of drug-likeness (QED) is 0.818. The Morgan fingerprint density at radius 2 is 2.18 bits per heavy atom. The van der Waals surface area contributed by atoms with Crippen LogP contribution in [0.4, 0.5) is 0 Å². The van der Waals surface area contributed by atoms with Gasteiger partial charge in [0.05, 0.1) is 15.1 Å². The molecule has 1 rings (SSSR count). The van der Waals surface area contributed by atoms with Gasteiger partial charge in [0.15, 0.2) is 0 Å². The molecule has 1 heterocycles. The van der Waals surface area contributed by atoms with E-state index in [4.69, 9.17) is 5.11 Å². The van der Waals surface area contributed by atoms with Crippen molar-refractivity contribution >= 4 is 55.1 Å². The normalized spacial score (nSPS) is 12.2. The largest absolute Gasteiger partial charge is 0.481 e. The number of hydrogen-bond acceptors (Lipinski definition) is 3. The van der Waals surface area contributed by atoms with Crippen molar-refractivity contribution in [3.05, 3.63) is 19.2 Å². The molecule has 0 aromatic carbocycles. The highest BCUT2D eigenvalue weighted by molar-refractivity contribution is 9.13. The third-order valence-electron chi connectivity index (χ3n) is 2.12. The number of carbonyl (C=O) groups is 2. The summed E-state index contributed by atoms with van der Waals surface area (Å²) in [6.07, 6.45) is 0.529. The first kappa shape index (κ1) is 14.7. The van der Waals surface area contributed by atoms with Crippen LogP contribution in [0.1, 0.15) is 29.4 Å². The zero-order chi connectivity index (χ0) is 13.0. The monoisotopic (exact) mass is 383 g/mol. The average Bonchev–Trinajstić information content (AvgIpc) is 2.57. The van der Waals surface area contributed by atoms with Crippen LogP contribution in [0.15, 0.2) is 14.3 Å². The van der Waals surface area contributed by atoms with Gasteiger partial charge < -0.3 is 10.4 Å². The van der Waals surface area contributed by atoms with E-state index in [2.05, 4.69) is 37.2 Å². The van der Waals surface area contributed by atoms with Crippen LogP contribution in [0.5, 0.6) is 0 Å². The third kappa shape index (κ3) is 4.40. The molecule has 0 aliphatic rings. The van der Waals surface area contributed by atoms with E-state index in [0.717, 1.165) is 8.26 Å². The van der Waals surface area contributed by atoms with Crippen LogP contribution in [-0.2, 0) is 4.79 Å². The van der Waals surface area contributed by atoms with E-state index >= 15 is 0 Å². The van der Waals surface area contributed by atoms with Gasteiger partial charge in [0.25, 0.3) is 5.91 Å². The minimum absolute atomic E-state index is 0.0596. The summed E-state index contributed by atoms with van der Waals surface area (Å²) in [5.74, 6) is -1.15. The molecule has 1 aromatic heterocycles. The van der Waals surface area contributed by atoms with E-state index in [9.17, 15) is 9.59 Å². The molecular weight excluding hydrogens is 374 g/mol. The maximum atomic E-state index is 11.8. The number of nitrogens with one attached hydrogen (secondary N) is 1. The van der Waals surface area contributed by atoms with E-state index in [1.165, 1.54) is 11.3 Å². The van der Waals surface area contributed by atoms with Crippen LogP contribution in [0, 0.1) is 0 Å². The minimum atomic E-state index is -0.911. The fraction of sp³-hybridized carbons (Fsp3) is 0.400. The van der Waals surface area contributed by atoms with Gasteiger partial charge in [-0.25, -0.2) is 0 Å². The Labute approximate surface area is 120 Å². The van der Waals surface area contributed by atoms with Crippen molar-refractivity contribution in [3.63, 3.8) is 0 Å². The molecule has 0 bridgehead atoms. The number of hydrogen-bond donors (Lipinski definition) is 2. The summed E-state index contributed by atoms with van der Waals surface area (Å²) in [6.45, 7) is 1.84. The average molecular weight is 385 g/mol. The molecule has 0 fully saturated rings. The highest BCUT2D eigenvalue weighted by Gasteiger charge is 2.17. The molecule has 0 aliphatic carbocycles. The summed E-state index contributed by atoms with van der Waals surface area (Å²) in [5.41, 5.74) is 0. The third-order valence-corrected chi connectivity index (χ3v) is 5.37. The van der Waals surface area contributed by atoms with Crippen LogP contribution in [0.2, 0.25) is 0 Å². The lowest BCUT2D eigenvalue weighted by Gasteiger charge is -2.13. The Hall–Kier alpha value is -0.400. The molecule has 1 unspecified atom stereocenters. The standard InChI is InChI=1S/C10H11Br2NO3S/c1-2-5(3-8(14)15)13-10(16)7-4-6(11)9(12)17-7/h4-5H,2-3H2,1H3,(H,13,16)(H,14,15). The Balaban J connectivity index is 2.67. The highest BCUT2D eigenvalue weighted by atomic mass is 79.9. The Morgan fingerprint density at radius 1 is 1.53 bits per heavy atom. The molecule has 17 heavy (non-hydrogen) atoms. The number of halogens is 2. The van der Waals surface area contributed by atoms with Gasteiger partial charge in [-0.3, -0.25) is 9.59 Å². The summed E-state index contributed by atoms with van der Waals surface area (Å²) in [4.78, 5) is 23.0. The van der Waals surface area contributed by atoms with E-state index < -0.39 is 5.97 Å². The summed E-state index contributed by atoms with van der Waals surface area (Å²) < 4.78 is 1.66. The Morgan fingerprint density at radius 3 is 2.59 bits per heavy atom. The molecule has 1 aromatic rings. The zero-order valence-electron chi connectivity index (χ0n) is 9.00. The topological polar surface area (TPSA) is 66.4 Å². The first-order chi connectivity index (χ1) is 7.93. The smallest absolute Gasteiger partial charge is 0.305 e. The Bertz CT molecular complexity index is 414. The van der Waals surface area contributed by atoms with Crippen molar-refractivity contribution in [2.75, 3.05) is 0 Å². The number of carboxylic acid groups (broad SMARTS) is 1. The van der Waals surface area contributed by atoms with E-state index in [0.29, 0.717) is 11.3 Å². The molecule has 0 aliphatic heterocycles. The van der Waals surface area contributed by atoms with Crippen molar-refractivity contribution in [1.29, 1.82) is 0 Å². The van der Waals surface area contributed by atoms with Gasteiger partial charge in [-0.2, -0.15) is 0 Å². The summed E-state index contributed by atoms with van der Waals surface area (Å²) in [6, 6.07) is 1.37. The molecule has 94 valence electrons. The van der Waals surface area contributed by atoms with E-state index in [1.807, 2.05) is 6.92 Å². The predicted octanol–water partition coefficient (Wildman–Crippen LogP) is 3.26. The van der Waals surface area contributed by atoms with Gasteiger partial charge in [0.1, 0.15) is 0 Å². The molecule has 0 saturated heterocycles. The van der Waals surface area contributed by atoms with Gasteiger partial charge in [0.2, 0.25) is 0 Å². The highest BCUT2D eigenvalue weighted by Crippen LogP contribution is 2.32. The molecule has 1 amide bonds. The lowest BCUT2D eigenvalue weighted by molar-refractivity contribution is -0.137. The number of rotatable bonds is 5. The Kier molecular flexibility index (Phi) is 5.61. The van der Waals surface area contributed by atoms with Gasteiger partial charge in [-0.1, -0.05) is 6.92 Å². The van der Waals surface area contributed by atoms with Crippen LogP contribution in [0.3, 0.4) is 0 Å². The molecule has 4 nitrogen and oxygen atoms in total. The van der Waals surface area contributed by atoms with Gasteiger partial charge in [-0.15, -0.1) is 11.3 Å². The second-order valence-corrected chi connectivity index (χ2v) is 6.63. The second kappa shape index (κ2) is 6.51. The van der Waals surface area contributed by atoms with Gasteiger partial charge in [-0.05, 0) is 44.3 Å². The molecule has 0 radical (unpaired) electrons. The first-order valence-corrected chi connectivity index (χ1v) is 7.31. The zero-order valence-corrected chi connectivity index (χ0v) is 13.0. The van der Waals surface area contributed by atoms with Crippen molar-refractivity contribution in [3.8, 4) is 0 Å². The second-order valence-electron chi connectivity index (χ2n) is 3.41. The number of aliphatic carboxylic acids is 1. The van der Waals surface area contributed by atoms with Crippen LogP contribution in [0.25, 0.3) is 0 Å². The first-order valence-electron chi connectivity index (χ1n) is 4.91. The maximum Gasteiger partial charge on any atom is 0.305 e. The molecule has 7 heteroatoms. The van der Waals surface area contributed by atoms with Crippen LogP contribution in [-0.4, -0.2) is 23.0 Å². The predicted molar refractivity (Wildman–Crippen MR) is 73.5 cm³/mol. The molecule has 0 saturated carbocycles. The fourth-order valence-corrected chi connectivity index (χ4v) is 3.16. The van der Waals surface area contributed by atoms with Crippen molar-refractivity contribution < 1.29 is 14.7 Å². The minimum Gasteiger partial charge on any atom is -0.481 e. The molecule has 2 N–H and O–H groups in total. The summed E-state index contributed by atoms with van der Waals surface area (Å²) >= 11 is 7.91. The lowest BCUT2D eigenvalue weighted by atomic mass is 10.1. The lowest BCUT2D eigenvalue weighted by Crippen LogP contribution is -2.35.